The highest BCUT2D eigenvalue weighted by Crippen LogP contribution is 2.47. The minimum absolute atomic E-state index is 0.00555. The van der Waals surface area contributed by atoms with Crippen LogP contribution in [0.4, 0.5) is 5.69 Å². The van der Waals surface area contributed by atoms with Gasteiger partial charge in [0, 0.05) is 24.4 Å². The van der Waals surface area contributed by atoms with Gasteiger partial charge in [-0.25, -0.2) is 4.79 Å². The molecule has 1 fully saturated rings. The number of thiocarbonyl (C=S) groups is 1. The molecule has 7 heteroatoms. The van der Waals surface area contributed by atoms with Crippen molar-refractivity contribution in [2.24, 2.45) is 5.92 Å². The highest BCUT2D eigenvalue weighted by molar-refractivity contribution is 7.80. The molecule has 32 heavy (non-hydrogen) atoms. The molecule has 0 unspecified atom stereocenters. The van der Waals surface area contributed by atoms with Crippen LogP contribution in [0.5, 0.6) is 0 Å². The van der Waals surface area contributed by atoms with Crippen LogP contribution in [0, 0.1) is 5.92 Å². The molecule has 1 aliphatic heterocycles. The summed E-state index contributed by atoms with van der Waals surface area (Å²) < 4.78 is 5.28. The first-order chi connectivity index (χ1) is 15.4. The van der Waals surface area contributed by atoms with Crippen LogP contribution < -0.4 is 10.6 Å². The largest absolute Gasteiger partial charge is 0.463 e. The molecule has 1 aliphatic carbocycles. The first-order valence-electron chi connectivity index (χ1n) is 10.8. The van der Waals surface area contributed by atoms with Crippen molar-refractivity contribution < 1.29 is 14.3 Å². The zero-order valence-corrected chi connectivity index (χ0v) is 19.2. The van der Waals surface area contributed by atoms with Gasteiger partial charge in [0.2, 0.25) is 5.91 Å². The topological polar surface area (TPSA) is 70.7 Å². The average molecular weight is 450 g/mol. The van der Waals surface area contributed by atoms with Gasteiger partial charge >= 0.3 is 5.97 Å². The number of hydrogen-bond acceptors (Lipinski definition) is 4. The SMILES string of the molecule is CCOC(=O)C1=C(C)N(C)C(=S)N[C@@H]1c1ccc(NC(=O)[C@@H]2C[C@@H]2c2ccccc2)cc1. The number of esters is 1. The number of allylic oxidation sites excluding steroid dienone is 1. The molecule has 4 rings (SSSR count). The van der Waals surface area contributed by atoms with Crippen LogP contribution in [0.15, 0.2) is 65.9 Å². The number of carbonyl (C=O) groups excluding carboxylic acids is 2. The van der Waals surface area contributed by atoms with Gasteiger partial charge in [-0.3, -0.25) is 4.79 Å². The van der Waals surface area contributed by atoms with Crippen molar-refractivity contribution in [1.82, 2.24) is 10.2 Å². The van der Waals surface area contributed by atoms with E-state index in [4.69, 9.17) is 17.0 Å². The Hall–Kier alpha value is -3.19. The second kappa shape index (κ2) is 9.12. The zero-order chi connectivity index (χ0) is 22.8. The summed E-state index contributed by atoms with van der Waals surface area (Å²) in [7, 11) is 1.82. The number of nitrogens with zero attached hydrogens (tertiary/aromatic N) is 1. The Balaban J connectivity index is 1.47. The molecule has 1 saturated carbocycles. The molecule has 0 bridgehead atoms. The molecule has 0 aromatic heterocycles. The van der Waals surface area contributed by atoms with Crippen molar-refractivity contribution in [2.75, 3.05) is 19.0 Å². The van der Waals surface area contributed by atoms with Crippen molar-refractivity contribution >= 4 is 34.9 Å². The van der Waals surface area contributed by atoms with Gasteiger partial charge in [-0.15, -0.1) is 0 Å². The van der Waals surface area contributed by atoms with Gasteiger partial charge in [0.15, 0.2) is 5.11 Å². The smallest absolute Gasteiger partial charge is 0.338 e. The summed E-state index contributed by atoms with van der Waals surface area (Å²) in [6, 6.07) is 17.2. The highest BCUT2D eigenvalue weighted by atomic mass is 32.1. The van der Waals surface area contributed by atoms with Crippen LogP contribution in [-0.2, 0) is 14.3 Å². The van der Waals surface area contributed by atoms with E-state index in [0.29, 0.717) is 23.2 Å². The van der Waals surface area contributed by atoms with Crippen molar-refractivity contribution in [1.29, 1.82) is 0 Å². The number of anilines is 1. The van der Waals surface area contributed by atoms with Crippen LogP contribution in [0.1, 0.15) is 43.4 Å². The quantitative estimate of drug-likeness (QED) is 0.511. The lowest BCUT2D eigenvalue weighted by atomic mass is 9.95. The van der Waals surface area contributed by atoms with Gasteiger partial charge in [0.1, 0.15) is 0 Å². The minimum atomic E-state index is -0.409. The van der Waals surface area contributed by atoms with Crippen LogP contribution >= 0.6 is 12.2 Å². The van der Waals surface area contributed by atoms with Crippen molar-refractivity contribution in [2.45, 2.75) is 32.2 Å². The number of ether oxygens (including phenoxy) is 1. The summed E-state index contributed by atoms with van der Waals surface area (Å²) >= 11 is 5.43. The summed E-state index contributed by atoms with van der Waals surface area (Å²) in [5, 5.41) is 6.78. The Morgan fingerprint density at radius 2 is 1.81 bits per heavy atom. The number of hydrogen-bond donors (Lipinski definition) is 2. The molecule has 1 amide bonds. The third-order valence-corrected chi connectivity index (χ3v) is 6.51. The fourth-order valence-corrected chi connectivity index (χ4v) is 4.36. The Morgan fingerprint density at radius 3 is 2.47 bits per heavy atom. The molecule has 2 N–H and O–H groups in total. The molecule has 2 aliphatic rings. The van der Waals surface area contributed by atoms with E-state index in [1.165, 1.54) is 5.56 Å². The van der Waals surface area contributed by atoms with E-state index < -0.39 is 6.04 Å². The van der Waals surface area contributed by atoms with Gasteiger partial charge in [-0.2, -0.15) is 0 Å². The van der Waals surface area contributed by atoms with Crippen LogP contribution in [0.2, 0.25) is 0 Å². The van der Waals surface area contributed by atoms with E-state index in [-0.39, 0.29) is 17.8 Å². The summed E-state index contributed by atoms with van der Waals surface area (Å²) in [6.45, 7) is 3.94. The maximum atomic E-state index is 12.7. The monoisotopic (exact) mass is 449 g/mol. The Kier molecular flexibility index (Phi) is 6.28. The lowest BCUT2D eigenvalue weighted by Gasteiger charge is -2.35. The third-order valence-electron chi connectivity index (χ3n) is 6.12. The van der Waals surface area contributed by atoms with Gasteiger partial charge in [0.25, 0.3) is 0 Å². The lowest BCUT2D eigenvalue weighted by molar-refractivity contribution is -0.139. The predicted molar refractivity (Wildman–Crippen MR) is 128 cm³/mol. The van der Waals surface area contributed by atoms with E-state index in [1.54, 1.807) is 11.8 Å². The number of nitrogens with one attached hydrogen (secondary N) is 2. The van der Waals surface area contributed by atoms with Gasteiger partial charge in [-0.1, -0.05) is 42.5 Å². The summed E-state index contributed by atoms with van der Waals surface area (Å²) in [5.74, 6) is -0.0331. The minimum Gasteiger partial charge on any atom is -0.463 e. The van der Waals surface area contributed by atoms with E-state index in [0.717, 1.165) is 23.4 Å². The lowest BCUT2D eigenvalue weighted by Crippen LogP contribution is -2.46. The maximum absolute atomic E-state index is 12.7. The third kappa shape index (κ3) is 4.39. The molecule has 3 atom stereocenters. The molecule has 2 aromatic carbocycles. The predicted octanol–water partition coefficient (Wildman–Crippen LogP) is 4.13. The number of rotatable bonds is 6. The van der Waals surface area contributed by atoms with Crippen LogP contribution in [-0.4, -0.2) is 35.5 Å². The van der Waals surface area contributed by atoms with E-state index in [2.05, 4.69) is 22.8 Å². The molecule has 0 saturated heterocycles. The van der Waals surface area contributed by atoms with Crippen molar-refractivity contribution in [3.63, 3.8) is 0 Å². The zero-order valence-electron chi connectivity index (χ0n) is 18.4. The van der Waals surface area contributed by atoms with E-state index in [9.17, 15) is 9.59 Å². The van der Waals surface area contributed by atoms with Crippen molar-refractivity contribution in [3.8, 4) is 0 Å². The normalized spacial score (nSPS) is 22.3. The molecular weight excluding hydrogens is 422 g/mol. The second-order valence-electron chi connectivity index (χ2n) is 8.13. The number of carbonyl (C=O) groups is 2. The van der Waals surface area contributed by atoms with Crippen LogP contribution in [0.3, 0.4) is 0 Å². The average Bonchev–Trinajstić information content (AvgIpc) is 3.60. The number of benzene rings is 2. The van der Waals surface area contributed by atoms with Crippen molar-refractivity contribution in [3.05, 3.63) is 77.0 Å². The first-order valence-corrected chi connectivity index (χ1v) is 11.2. The fraction of sp³-hybridized carbons (Fsp3) is 0.320. The molecule has 1 heterocycles. The molecule has 6 nitrogen and oxygen atoms in total. The number of amides is 1. The Labute approximate surface area is 193 Å². The Bertz CT molecular complexity index is 1070. The van der Waals surface area contributed by atoms with Gasteiger partial charge in [0.05, 0.1) is 18.2 Å². The summed E-state index contributed by atoms with van der Waals surface area (Å²) in [4.78, 5) is 27.1. The molecule has 166 valence electrons. The van der Waals surface area contributed by atoms with Gasteiger partial charge in [-0.05, 0) is 61.7 Å². The second-order valence-corrected chi connectivity index (χ2v) is 8.52. The highest BCUT2D eigenvalue weighted by Gasteiger charge is 2.43. The summed E-state index contributed by atoms with van der Waals surface area (Å²) in [6.07, 6.45) is 0.873. The van der Waals surface area contributed by atoms with Crippen LogP contribution in [0.25, 0.3) is 0 Å². The molecule has 0 radical (unpaired) electrons. The van der Waals surface area contributed by atoms with Gasteiger partial charge < -0.3 is 20.3 Å². The van der Waals surface area contributed by atoms with E-state index >= 15 is 0 Å². The molecule has 2 aromatic rings. The first kappa shape index (κ1) is 22.0. The van der Waals surface area contributed by atoms with E-state index in [1.807, 2.05) is 56.4 Å². The molecular formula is C25H27N3O3S. The molecule has 0 spiro atoms. The summed E-state index contributed by atoms with van der Waals surface area (Å²) in [5.41, 5.74) is 4.10. The fourth-order valence-electron chi connectivity index (χ4n) is 4.11. The maximum Gasteiger partial charge on any atom is 0.338 e. The Morgan fingerprint density at radius 1 is 1.12 bits per heavy atom. The standard InChI is InChI=1S/C25H27N3O3S/c1-4-31-24(30)21-15(2)28(3)25(32)27-22(21)17-10-12-18(13-11-17)26-23(29)20-14-19(20)16-8-6-5-7-9-16/h5-13,19-20,22H,4,14H2,1-3H3,(H,26,29)(H,27,32)/t19-,20-,22-/m1/s1.